The van der Waals surface area contributed by atoms with Crippen LogP contribution in [0.5, 0.6) is 5.75 Å². The van der Waals surface area contributed by atoms with Crippen LogP contribution in [-0.4, -0.2) is 11.6 Å². The maximum absolute atomic E-state index is 14.0. The number of anilines is 1. The van der Waals surface area contributed by atoms with Gasteiger partial charge in [-0.1, -0.05) is 12.8 Å². The van der Waals surface area contributed by atoms with Gasteiger partial charge in [-0.25, -0.2) is 4.39 Å². The summed E-state index contributed by atoms with van der Waals surface area (Å²) in [5.74, 6) is 0.342. The smallest absolute Gasteiger partial charge is 0.181 e. The van der Waals surface area contributed by atoms with Crippen molar-refractivity contribution >= 4 is 16.6 Å². The molecule has 100 valence electrons. The number of hydrogen-bond donors (Lipinski definition) is 1. The zero-order valence-corrected chi connectivity index (χ0v) is 10.7. The highest BCUT2D eigenvalue weighted by Crippen LogP contribution is 2.33. The van der Waals surface area contributed by atoms with E-state index in [1.807, 2.05) is 6.07 Å². The van der Waals surface area contributed by atoms with Gasteiger partial charge in [-0.2, -0.15) is 0 Å². The van der Waals surface area contributed by atoms with Gasteiger partial charge in [0.15, 0.2) is 11.6 Å². The molecule has 2 aromatic rings. The van der Waals surface area contributed by atoms with Crippen LogP contribution >= 0.6 is 0 Å². The molecule has 0 radical (unpaired) electrons. The summed E-state index contributed by atoms with van der Waals surface area (Å²) in [5.41, 5.74) is 6.72. The summed E-state index contributed by atoms with van der Waals surface area (Å²) in [6, 6.07) is 4.94. The third-order valence-corrected chi connectivity index (χ3v) is 3.77. The molecule has 1 aliphatic carbocycles. The van der Waals surface area contributed by atoms with Gasteiger partial charge in [0.2, 0.25) is 0 Å². The standard InChI is InChI=1S/C15H17FN2O/c16-12-8-13(17)11-6-3-7-18-14(11)15(12)19-9-10-4-1-2-5-10/h3,6-8,10H,1-2,4-5,9,17H2. The number of nitrogens with zero attached hydrogens (tertiary/aromatic N) is 1. The fourth-order valence-electron chi connectivity index (χ4n) is 2.73. The third-order valence-electron chi connectivity index (χ3n) is 3.77. The number of pyridine rings is 1. The van der Waals surface area contributed by atoms with Crippen molar-refractivity contribution in [3.8, 4) is 5.75 Å². The minimum atomic E-state index is -0.429. The van der Waals surface area contributed by atoms with Crippen LogP contribution in [0.25, 0.3) is 10.9 Å². The van der Waals surface area contributed by atoms with Crippen LogP contribution in [-0.2, 0) is 0 Å². The van der Waals surface area contributed by atoms with Crippen molar-refractivity contribution in [1.82, 2.24) is 4.98 Å². The molecule has 0 atom stereocenters. The molecule has 0 amide bonds. The highest BCUT2D eigenvalue weighted by molar-refractivity contribution is 5.94. The molecular formula is C15H17FN2O. The van der Waals surface area contributed by atoms with Gasteiger partial charge < -0.3 is 10.5 Å². The predicted molar refractivity (Wildman–Crippen MR) is 73.6 cm³/mol. The van der Waals surface area contributed by atoms with Crippen molar-refractivity contribution < 1.29 is 9.13 Å². The Hall–Kier alpha value is -1.84. The summed E-state index contributed by atoms with van der Waals surface area (Å²) < 4.78 is 19.7. The van der Waals surface area contributed by atoms with Gasteiger partial charge in [-0.05, 0) is 30.9 Å². The molecule has 1 aromatic carbocycles. The molecule has 4 heteroatoms. The Labute approximate surface area is 111 Å². The molecule has 0 saturated heterocycles. The molecule has 1 heterocycles. The zero-order valence-electron chi connectivity index (χ0n) is 10.7. The van der Waals surface area contributed by atoms with Gasteiger partial charge in [0.25, 0.3) is 0 Å². The number of rotatable bonds is 3. The predicted octanol–water partition coefficient (Wildman–Crippen LogP) is 3.53. The minimum Gasteiger partial charge on any atom is -0.488 e. The number of ether oxygens (including phenoxy) is 1. The van der Waals surface area contributed by atoms with Crippen molar-refractivity contribution in [3.05, 3.63) is 30.2 Å². The number of aromatic nitrogens is 1. The molecule has 3 rings (SSSR count). The van der Waals surface area contributed by atoms with Crippen LogP contribution in [0, 0.1) is 11.7 Å². The Kier molecular flexibility index (Phi) is 3.23. The molecule has 19 heavy (non-hydrogen) atoms. The quantitative estimate of drug-likeness (QED) is 0.859. The Morgan fingerprint density at radius 2 is 2.16 bits per heavy atom. The van der Waals surface area contributed by atoms with Gasteiger partial charge in [0.1, 0.15) is 5.52 Å². The molecule has 0 spiro atoms. The van der Waals surface area contributed by atoms with E-state index in [4.69, 9.17) is 10.5 Å². The first kappa shape index (κ1) is 12.2. The lowest BCUT2D eigenvalue weighted by molar-refractivity contribution is 0.244. The van der Waals surface area contributed by atoms with E-state index in [0.29, 0.717) is 23.7 Å². The Morgan fingerprint density at radius 3 is 2.95 bits per heavy atom. The molecule has 0 bridgehead atoms. The van der Waals surface area contributed by atoms with E-state index in [1.165, 1.54) is 31.7 Å². The summed E-state index contributed by atoms with van der Waals surface area (Å²) in [6.45, 7) is 0.562. The second-order valence-electron chi connectivity index (χ2n) is 5.14. The number of nitrogen functional groups attached to an aromatic ring is 1. The molecule has 1 fully saturated rings. The molecule has 2 N–H and O–H groups in total. The molecule has 3 nitrogen and oxygen atoms in total. The van der Waals surface area contributed by atoms with Gasteiger partial charge in [0.05, 0.1) is 6.61 Å². The normalized spacial score (nSPS) is 16.1. The Morgan fingerprint density at radius 1 is 1.37 bits per heavy atom. The Bertz CT molecular complexity index is 594. The molecule has 1 aliphatic rings. The van der Waals surface area contributed by atoms with Crippen molar-refractivity contribution in [2.45, 2.75) is 25.7 Å². The van der Waals surface area contributed by atoms with Crippen LogP contribution in [0.15, 0.2) is 24.4 Å². The van der Waals surface area contributed by atoms with Crippen LogP contribution in [0.1, 0.15) is 25.7 Å². The maximum Gasteiger partial charge on any atom is 0.181 e. The van der Waals surface area contributed by atoms with E-state index >= 15 is 0 Å². The summed E-state index contributed by atoms with van der Waals surface area (Å²) in [4.78, 5) is 4.20. The number of nitrogens with two attached hydrogens (primary N) is 1. The lowest BCUT2D eigenvalue weighted by atomic mass is 10.1. The Balaban J connectivity index is 1.93. The van der Waals surface area contributed by atoms with Crippen molar-refractivity contribution in [1.29, 1.82) is 0 Å². The average Bonchev–Trinajstić information content (AvgIpc) is 2.92. The fraction of sp³-hybridized carbons (Fsp3) is 0.400. The van der Waals surface area contributed by atoms with Crippen molar-refractivity contribution in [2.24, 2.45) is 5.92 Å². The second-order valence-corrected chi connectivity index (χ2v) is 5.14. The van der Waals surface area contributed by atoms with Crippen molar-refractivity contribution in [3.63, 3.8) is 0 Å². The largest absolute Gasteiger partial charge is 0.488 e. The van der Waals surface area contributed by atoms with Gasteiger partial charge >= 0.3 is 0 Å². The van der Waals surface area contributed by atoms with Crippen LogP contribution in [0.4, 0.5) is 10.1 Å². The molecule has 1 aromatic heterocycles. The highest BCUT2D eigenvalue weighted by Gasteiger charge is 2.18. The summed E-state index contributed by atoms with van der Waals surface area (Å²) >= 11 is 0. The summed E-state index contributed by atoms with van der Waals surface area (Å²) in [7, 11) is 0. The first-order chi connectivity index (χ1) is 9.25. The van der Waals surface area contributed by atoms with E-state index in [1.54, 1.807) is 12.3 Å². The molecule has 1 saturated carbocycles. The van der Waals surface area contributed by atoms with E-state index in [2.05, 4.69) is 4.98 Å². The zero-order chi connectivity index (χ0) is 13.2. The monoisotopic (exact) mass is 260 g/mol. The number of fused-ring (bicyclic) bond motifs is 1. The highest BCUT2D eigenvalue weighted by atomic mass is 19.1. The lowest BCUT2D eigenvalue weighted by Gasteiger charge is -2.14. The third kappa shape index (κ3) is 2.35. The molecule has 0 unspecified atom stereocenters. The SMILES string of the molecule is Nc1cc(F)c(OCC2CCCC2)c2ncccc12. The first-order valence-corrected chi connectivity index (χ1v) is 6.71. The molecular weight excluding hydrogens is 243 g/mol. The maximum atomic E-state index is 14.0. The lowest BCUT2D eigenvalue weighted by Crippen LogP contribution is -2.10. The van der Waals surface area contributed by atoms with Crippen LogP contribution in [0.3, 0.4) is 0 Å². The van der Waals surface area contributed by atoms with E-state index in [9.17, 15) is 4.39 Å². The van der Waals surface area contributed by atoms with E-state index in [0.717, 1.165) is 5.39 Å². The van der Waals surface area contributed by atoms with Gasteiger partial charge in [-0.3, -0.25) is 4.98 Å². The van der Waals surface area contributed by atoms with Gasteiger partial charge in [-0.15, -0.1) is 0 Å². The summed E-state index contributed by atoms with van der Waals surface area (Å²) in [5, 5.41) is 0.741. The number of benzene rings is 1. The summed E-state index contributed by atoms with van der Waals surface area (Å²) in [6.07, 6.45) is 6.46. The second kappa shape index (κ2) is 5.03. The van der Waals surface area contributed by atoms with E-state index < -0.39 is 5.82 Å². The van der Waals surface area contributed by atoms with Crippen LogP contribution < -0.4 is 10.5 Å². The first-order valence-electron chi connectivity index (χ1n) is 6.71. The van der Waals surface area contributed by atoms with Crippen LogP contribution in [0.2, 0.25) is 0 Å². The topological polar surface area (TPSA) is 48.1 Å². The number of hydrogen-bond acceptors (Lipinski definition) is 3. The number of halogens is 1. The van der Waals surface area contributed by atoms with E-state index in [-0.39, 0.29) is 5.75 Å². The average molecular weight is 260 g/mol. The van der Waals surface area contributed by atoms with Gasteiger partial charge in [0, 0.05) is 23.3 Å². The fourth-order valence-corrected chi connectivity index (χ4v) is 2.73. The minimum absolute atomic E-state index is 0.233. The molecule has 0 aliphatic heterocycles. The van der Waals surface area contributed by atoms with Crippen molar-refractivity contribution in [2.75, 3.05) is 12.3 Å².